The third-order valence-electron chi connectivity index (χ3n) is 4.41. The highest BCUT2D eigenvalue weighted by atomic mass is 16.5. The van der Waals surface area contributed by atoms with E-state index >= 15 is 0 Å². The van der Waals surface area contributed by atoms with Gasteiger partial charge in [-0.05, 0) is 37.3 Å². The Kier molecular flexibility index (Phi) is 4.04. The lowest BCUT2D eigenvalue weighted by molar-refractivity contribution is 0.105. The number of para-hydroxylation sites is 1. The molecule has 1 saturated heterocycles. The number of nitrogens with one attached hydrogen (secondary N) is 1. The van der Waals surface area contributed by atoms with Gasteiger partial charge in [-0.2, -0.15) is 0 Å². The zero-order valence-corrected chi connectivity index (χ0v) is 11.6. The van der Waals surface area contributed by atoms with Crippen molar-refractivity contribution >= 4 is 0 Å². The Hall–Kier alpha value is -1.06. The summed E-state index contributed by atoms with van der Waals surface area (Å²) in [7, 11) is 0. The molecule has 0 amide bonds. The van der Waals surface area contributed by atoms with E-state index in [-0.39, 0.29) is 0 Å². The third-order valence-corrected chi connectivity index (χ3v) is 4.41. The summed E-state index contributed by atoms with van der Waals surface area (Å²) in [4.78, 5) is 0. The summed E-state index contributed by atoms with van der Waals surface area (Å²) in [5.41, 5.74) is 1.36. The average molecular weight is 261 g/mol. The maximum atomic E-state index is 5.70. The highest BCUT2D eigenvalue weighted by molar-refractivity contribution is 5.37. The van der Waals surface area contributed by atoms with Crippen molar-refractivity contribution in [2.75, 3.05) is 26.3 Å². The second kappa shape index (κ2) is 5.93. The van der Waals surface area contributed by atoms with Crippen LogP contribution in [0.25, 0.3) is 0 Å². The molecule has 3 atom stereocenters. The highest BCUT2D eigenvalue weighted by Crippen LogP contribution is 2.32. The first-order chi connectivity index (χ1) is 9.34. The van der Waals surface area contributed by atoms with Crippen LogP contribution in [0.2, 0.25) is 0 Å². The fraction of sp³-hybridized carbons (Fsp3) is 0.625. The lowest BCUT2D eigenvalue weighted by atomic mass is 9.93. The summed E-state index contributed by atoms with van der Waals surface area (Å²) in [6, 6.07) is 8.43. The van der Waals surface area contributed by atoms with Crippen molar-refractivity contribution in [3.63, 3.8) is 0 Å². The Balaban J connectivity index is 1.53. The van der Waals surface area contributed by atoms with Crippen molar-refractivity contribution in [1.29, 1.82) is 0 Å². The quantitative estimate of drug-likeness (QED) is 0.903. The zero-order valence-electron chi connectivity index (χ0n) is 11.6. The van der Waals surface area contributed by atoms with Crippen LogP contribution in [0, 0.1) is 5.92 Å². The molecule has 104 valence electrons. The topological polar surface area (TPSA) is 30.5 Å². The molecule has 3 unspecified atom stereocenters. The van der Waals surface area contributed by atoms with Crippen molar-refractivity contribution in [1.82, 2.24) is 5.32 Å². The fourth-order valence-electron chi connectivity index (χ4n) is 3.11. The zero-order chi connectivity index (χ0) is 13.1. The van der Waals surface area contributed by atoms with E-state index in [1.165, 1.54) is 12.0 Å². The van der Waals surface area contributed by atoms with Gasteiger partial charge in [0.15, 0.2) is 0 Å². The van der Waals surface area contributed by atoms with Gasteiger partial charge in [-0.3, -0.25) is 0 Å². The summed E-state index contributed by atoms with van der Waals surface area (Å²) in [5.74, 6) is 2.33. The van der Waals surface area contributed by atoms with Crippen LogP contribution in [0.3, 0.4) is 0 Å². The van der Waals surface area contributed by atoms with Gasteiger partial charge >= 0.3 is 0 Å². The predicted molar refractivity (Wildman–Crippen MR) is 75.7 cm³/mol. The summed E-state index contributed by atoms with van der Waals surface area (Å²) >= 11 is 0. The molecule has 1 aromatic rings. The number of rotatable bonds is 4. The van der Waals surface area contributed by atoms with Crippen LogP contribution in [0.4, 0.5) is 0 Å². The van der Waals surface area contributed by atoms with Gasteiger partial charge in [0.25, 0.3) is 0 Å². The molecule has 0 bridgehead atoms. The molecule has 0 aliphatic carbocycles. The van der Waals surface area contributed by atoms with Crippen LogP contribution in [-0.2, 0) is 4.74 Å². The Bertz CT molecular complexity index is 421. The normalized spacial score (nSPS) is 29.8. The molecule has 1 N–H and O–H groups in total. The van der Waals surface area contributed by atoms with E-state index in [4.69, 9.17) is 9.47 Å². The standard InChI is InChI=1S/C16H23NO2/c1-12-13(6-8-18-12)10-17-11-14-7-9-19-16-5-3-2-4-15(14)16/h2-5,12-14,17H,6-11H2,1H3. The molecule has 19 heavy (non-hydrogen) atoms. The summed E-state index contributed by atoms with van der Waals surface area (Å²) < 4.78 is 11.3. The second-order valence-corrected chi connectivity index (χ2v) is 5.65. The molecule has 3 heteroatoms. The predicted octanol–water partition coefficient (Wildman–Crippen LogP) is 2.57. The fourth-order valence-corrected chi connectivity index (χ4v) is 3.11. The summed E-state index contributed by atoms with van der Waals surface area (Å²) in [6.45, 7) is 6.06. The summed E-state index contributed by atoms with van der Waals surface area (Å²) in [5, 5.41) is 3.63. The molecule has 0 radical (unpaired) electrons. The lowest BCUT2D eigenvalue weighted by Gasteiger charge is -2.26. The Labute approximate surface area is 115 Å². The van der Waals surface area contributed by atoms with Crippen LogP contribution in [-0.4, -0.2) is 32.4 Å². The minimum Gasteiger partial charge on any atom is -0.493 e. The summed E-state index contributed by atoms with van der Waals surface area (Å²) in [6.07, 6.45) is 2.72. The van der Waals surface area contributed by atoms with Crippen molar-refractivity contribution in [2.45, 2.75) is 31.8 Å². The molecule has 1 aromatic carbocycles. The van der Waals surface area contributed by atoms with E-state index < -0.39 is 0 Å². The van der Waals surface area contributed by atoms with Gasteiger partial charge < -0.3 is 14.8 Å². The van der Waals surface area contributed by atoms with E-state index in [2.05, 4.69) is 30.4 Å². The van der Waals surface area contributed by atoms with Crippen molar-refractivity contribution in [2.24, 2.45) is 5.92 Å². The molecule has 1 fully saturated rings. The van der Waals surface area contributed by atoms with Crippen LogP contribution >= 0.6 is 0 Å². The Morgan fingerprint density at radius 2 is 2.05 bits per heavy atom. The van der Waals surface area contributed by atoms with Gasteiger partial charge in [-0.1, -0.05) is 18.2 Å². The molecule has 2 aliphatic rings. The SMILES string of the molecule is CC1OCCC1CNCC1CCOc2ccccc21. The van der Waals surface area contributed by atoms with Gasteiger partial charge in [-0.25, -0.2) is 0 Å². The lowest BCUT2D eigenvalue weighted by Crippen LogP contribution is -2.31. The second-order valence-electron chi connectivity index (χ2n) is 5.65. The number of ether oxygens (including phenoxy) is 2. The molecule has 2 heterocycles. The van der Waals surface area contributed by atoms with Crippen LogP contribution < -0.4 is 10.1 Å². The average Bonchev–Trinajstić information content (AvgIpc) is 2.85. The van der Waals surface area contributed by atoms with Gasteiger partial charge in [0.05, 0.1) is 12.7 Å². The maximum Gasteiger partial charge on any atom is 0.122 e. The Morgan fingerprint density at radius 3 is 2.89 bits per heavy atom. The smallest absolute Gasteiger partial charge is 0.122 e. The van der Waals surface area contributed by atoms with Gasteiger partial charge in [0, 0.05) is 25.6 Å². The van der Waals surface area contributed by atoms with Crippen LogP contribution in [0.5, 0.6) is 5.75 Å². The number of fused-ring (bicyclic) bond motifs is 1. The van der Waals surface area contributed by atoms with E-state index in [1.807, 2.05) is 6.07 Å². The molecule has 3 rings (SSSR count). The molecule has 0 spiro atoms. The first-order valence-corrected chi connectivity index (χ1v) is 7.38. The van der Waals surface area contributed by atoms with Gasteiger partial charge in [0.2, 0.25) is 0 Å². The highest BCUT2D eigenvalue weighted by Gasteiger charge is 2.25. The molecular weight excluding hydrogens is 238 g/mol. The minimum atomic E-state index is 0.412. The minimum absolute atomic E-state index is 0.412. The van der Waals surface area contributed by atoms with Crippen molar-refractivity contribution < 1.29 is 9.47 Å². The monoisotopic (exact) mass is 261 g/mol. The molecular formula is C16H23NO2. The Morgan fingerprint density at radius 1 is 1.16 bits per heavy atom. The first kappa shape index (κ1) is 12.9. The van der Waals surface area contributed by atoms with Gasteiger partial charge in [-0.15, -0.1) is 0 Å². The van der Waals surface area contributed by atoms with Crippen LogP contribution in [0.1, 0.15) is 31.2 Å². The number of benzene rings is 1. The van der Waals surface area contributed by atoms with Crippen molar-refractivity contribution in [3.05, 3.63) is 29.8 Å². The largest absolute Gasteiger partial charge is 0.493 e. The number of hydrogen-bond acceptors (Lipinski definition) is 3. The molecule has 0 aromatic heterocycles. The van der Waals surface area contributed by atoms with Crippen LogP contribution in [0.15, 0.2) is 24.3 Å². The molecule has 3 nitrogen and oxygen atoms in total. The van der Waals surface area contributed by atoms with E-state index in [9.17, 15) is 0 Å². The molecule has 2 aliphatic heterocycles. The molecule has 0 saturated carbocycles. The van der Waals surface area contributed by atoms with Gasteiger partial charge in [0.1, 0.15) is 5.75 Å². The first-order valence-electron chi connectivity index (χ1n) is 7.38. The number of hydrogen-bond donors (Lipinski definition) is 1. The van der Waals surface area contributed by atoms with Crippen molar-refractivity contribution in [3.8, 4) is 5.75 Å². The third kappa shape index (κ3) is 2.93. The van der Waals surface area contributed by atoms with E-state index in [0.29, 0.717) is 17.9 Å². The maximum absolute atomic E-state index is 5.70. The van der Waals surface area contributed by atoms with E-state index in [1.54, 1.807) is 0 Å². The van der Waals surface area contributed by atoms with E-state index in [0.717, 1.165) is 38.5 Å².